The van der Waals surface area contributed by atoms with Crippen LogP contribution >= 0.6 is 11.6 Å². The number of rotatable bonds is 6. The molecule has 3 rings (SSSR count). The van der Waals surface area contributed by atoms with Crippen LogP contribution in [-0.4, -0.2) is 57.7 Å². The number of hydrogen-bond acceptors (Lipinski definition) is 3. The molecular formula is C20H26ClFN4O. The highest BCUT2D eigenvalue weighted by atomic mass is 35.5. The summed E-state index contributed by atoms with van der Waals surface area (Å²) < 4.78 is 15.1. The lowest BCUT2D eigenvalue weighted by Crippen LogP contribution is -2.39. The van der Waals surface area contributed by atoms with E-state index in [4.69, 9.17) is 11.6 Å². The smallest absolute Gasteiger partial charge is 0.227 e. The van der Waals surface area contributed by atoms with E-state index < -0.39 is 0 Å². The average Bonchev–Trinajstić information content (AvgIpc) is 3.04. The molecule has 0 N–H and O–H groups in total. The van der Waals surface area contributed by atoms with Gasteiger partial charge in [0.25, 0.3) is 0 Å². The van der Waals surface area contributed by atoms with E-state index in [-0.39, 0.29) is 18.1 Å². The van der Waals surface area contributed by atoms with E-state index >= 15 is 0 Å². The Kier molecular flexibility index (Phi) is 6.85. The minimum Gasteiger partial charge on any atom is -0.341 e. The summed E-state index contributed by atoms with van der Waals surface area (Å²) in [7, 11) is 0. The van der Waals surface area contributed by atoms with Gasteiger partial charge in [0.2, 0.25) is 5.91 Å². The van der Waals surface area contributed by atoms with Crippen molar-refractivity contribution < 1.29 is 9.18 Å². The van der Waals surface area contributed by atoms with Gasteiger partial charge >= 0.3 is 0 Å². The van der Waals surface area contributed by atoms with Crippen LogP contribution in [0.25, 0.3) is 0 Å². The van der Waals surface area contributed by atoms with E-state index in [1.807, 2.05) is 21.8 Å². The lowest BCUT2D eigenvalue weighted by Gasteiger charge is -2.28. The van der Waals surface area contributed by atoms with E-state index in [0.29, 0.717) is 23.2 Å². The molecule has 27 heavy (non-hydrogen) atoms. The summed E-state index contributed by atoms with van der Waals surface area (Å²) in [5, 5.41) is 4.56. The largest absolute Gasteiger partial charge is 0.341 e. The minimum absolute atomic E-state index is 0.0505. The third-order valence-corrected chi connectivity index (χ3v) is 5.55. The predicted molar refractivity (Wildman–Crippen MR) is 104 cm³/mol. The second-order valence-corrected chi connectivity index (χ2v) is 7.50. The fourth-order valence-electron chi connectivity index (χ4n) is 3.50. The fourth-order valence-corrected chi connectivity index (χ4v) is 3.74. The molecule has 1 aliphatic heterocycles. The number of benzene rings is 1. The number of nitrogens with zero attached hydrogens (tertiary/aromatic N) is 4. The molecule has 1 fully saturated rings. The highest BCUT2D eigenvalue weighted by Gasteiger charge is 2.22. The summed E-state index contributed by atoms with van der Waals surface area (Å²) in [5.74, 6) is -0.333. The molecule has 0 saturated carbocycles. The summed E-state index contributed by atoms with van der Waals surface area (Å²) in [6, 6.07) is 6.58. The molecule has 2 aromatic rings. The van der Waals surface area contributed by atoms with Crippen LogP contribution in [-0.2, 0) is 17.8 Å². The van der Waals surface area contributed by atoms with Crippen molar-refractivity contribution in [2.45, 2.75) is 38.8 Å². The summed E-state index contributed by atoms with van der Waals surface area (Å²) in [4.78, 5) is 17.0. The Morgan fingerprint density at radius 3 is 2.89 bits per heavy atom. The van der Waals surface area contributed by atoms with Gasteiger partial charge in [-0.05, 0) is 43.5 Å². The first-order valence-corrected chi connectivity index (χ1v) is 9.84. The number of hydrogen-bond donors (Lipinski definition) is 0. The van der Waals surface area contributed by atoms with Crippen molar-refractivity contribution in [2.75, 3.05) is 26.2 Å². The average molecular weight is 393 g/mol. The van der Waals surface area contributed by atoms with E-state index in [9.17, 15) is 9.18 Å². The highest BCUT2D eigenvalue weighted by molar-refractivity contribution is 6.31. The van der Waals surface area contributed by atoms with Gasteiger partial charge in [0.05, 0.1) is 6.42 Å². The summed E-state index contributed by atoms with van der Waals surface area (Å²) in [6.45, 7) is 6.45. The topological polar surface area (TPSA) is 41.4 Å². The molecule has 1 unspecified atom stereocenters. The summed E-state index contributed by atoms with van der Waals surface area (Å²) in [5.41, 5.74) is 0.678. The van der Waals surface area contributed by atoms with Crippen LogP contribution in [0.2, 0.25) is 5.02 Å². The first kappa shape index (κ1) is 19.8. The Hall–Kier alpha value is -1.92. The van der Waals surface area contributed by atoms with E-state index in [2.05, 4.69) is 16.9 Å². The molecule has 1 atom stereocenters. The molecule has 2 heterocycles. The molecule has 7 heteroatoms. The number of halogens is 2. The predicted octanol–water partition coefficient (Wildman–Crippen LogP) is 3.23. The van der Waals surface area contributed by atoms with Crippen LogP contribution in [0.5, 0.6) is 0 Å². The molecule has 0 bridgehead atoms. The maximum absolute atomic E-state index is 13.2. The molecular weight excluding hydrogens is 367 g/mol. The van der Waals surface area contributed by atoms with Gasteiger partial charge in [0, 0.05) is 56.2 Å². The monoisotopic (exact) mass is 392 g/mol. The Bertz CT molecular complexity index is 752. The summed E-state index contributed by atoms with van der Waals surface area (Å²) >= 11 is 6.06. The molecule has 1 aromatic heterocycles. The highest BCUT2D eigenvalue weighted by Crippen LogP contribution is 2.19. The third kappa shape index (κ3) is 5.53. The second-order valence-electron chi connectivity index (χ2n) is 7.09. The number of amides is 1. The van der Waals surface area contributed by atoms with E-state index in [1.54, 1.807) is 12.3 Å². The molecule has 0 aliphatic carbocycles. The van der Waals surface area contributed by atoms with Crippen molar-refractivity contribution in [3.05, 3.63) is 53.1 Å². The molecule has 0 spiro atoms. The minimum atomic E-state index is -0.384. The molecule has 1 saturated heterocycles. The van der Waals surface area contributed by atoms with Gasteiger partial charge in [-0.1, -0.05) is 17.7 Å². The first-order chi connectivity index (χ1) is 13.0. The van der Waals surface area contributed by atoms with Gasteiger partial charge < -0.3 is 4.90 Å². The number of carbonyl (C=O) groups excluding carboxylic acids is 1. The Labute approximate surface area is 164 Å². The zero-order valence-corrected chi connectivity index (χ0v) is 16.4. The van der Waals surface area contributed by atoms with Crippen LogP contribution in [0.4, 0.5) is 4.39 Å². The van der Waals surface area contributed by atoms with Crippen LogP contribution in [0.1, 0.15) is 25.3 Å². The Morgan fingerprint density at radius 2 is 2.15 bits per heavy atom. The SMILES string of the molecule is CC(CCn1cccn1)N1CCCN(C(=O)Cc2ccc(F)cc2Cl)CC1. The molecule has 1 aromatic carbocycles. The Balaban J connectivity index is 1.50. The van der Waals surface area contributed by atoms with Crippen molar-refractivity contribution in [3.63, 3.8) is 0 Å². The van der Waals surface area contributed by atoms with Crippen LogP contribution in [0.15, 0.2) is 36.7 Å². The van der Waals surface area contributed by atoms with Gasteiger partial charge in [-0.15, -0.1) is 0 Å². The second kappa shape index (κ2) is 9.33. The van der Waals surface area contributed by atoms with Crippen LogP contribution in [0.3, 0.4) is 0 Å². The van der Waals surface area contributed by atoms with Crippen molar-refractivity contribution in [2.24, 2.45) is 0 Å². The van der Waals surface area contributed by atoms with E-state index in [1.165, 1.54) is 12.1 Å². The zero-order valence-electron chi connectivity index (χ0n) is 15.7. The van der Waals surface area contributed by atoms with E-state index in [0.717, 1.165) is 39.0 Å². The van der Waals surface area contributed by atoms with Gasteiger partial charge in [-0.3, -0.25) is 14.4 Å². The molecule has 146 valence electrons. The first-order valence-electron chi connectivity index (χ1n) is 9.46. The lowest BCUT2D eigenvalue weighted by atomic mass is 10.1. The number of carbonyl (C=O) groups is 1. The Morgan fingerprint density at radius 1 is 1.30 bits per heavy atom. The number of aromatic nitrogens is 2. The normalized spacial score (nSPS) is 16.9. The maximum Gasteiger partial charge on any atom is 0.227 e. The van der Waals surface area contributed by atoms with Crippen molar-refractivity contribution >= 4 is 17.5 Å². The van der Waals surface area contributed by atoms with Crippen LogP contribution in [0, 0.1) is 5.82 Å². The van der Waals surface area contributed by atoms with Crippen molar-refractivity contribution in [1.29, 1.82) is 0 Å². The molecule has 1 aliphatic rings. The molecule has 0 radical (unpaired) electrons. The van der Waals surface area contributed by atoms with Gasteiger partial charge in [0.15, 0.2) is 0 Å². The standard InChI is InChI=1S/C20H26ClFN4O/c1-16(6-11-26-10-2-7-23-26)24-8-3-9-25(13-12-24)20(27)14-17-4-5-18(22)15-19(17)21/h2,4-5,7,10,15-16H,3,6,8-9,11-14H2,1H3. The maximum atomic E-state index is 13.2. The lowest BCUT2D eigenvalue weighted by molar-refractivity contribution is -0.130. The van der Waals surface area contributed by atoms with Crippen molar-refractivity contribution in [1.82, 2.24) is 19.6 Å². The number of aryl methyl sites for hydroxylation is 1. The third-order valence-electron chi connectivity index (χ3n) is 5.20. The van der Waals surface area contributed by atoms with Gasteiger partial charge in [-0.25, -0.2) is 4.39 Å². The van der Waals surface area contributed by atoms with Crippen molar-refractivity contribution in [3.8, 4) is 0 Å². The van der Waals surface area contributed by atoms with Crippen LogP contribution < -0.4 is 0 Å². The fraction of sp³-hybridized carbons (Fsp3) is 0.500. The van der Waals surface area contributed by atoms with Gasteiger partial charge in [0.1, 0.15) is 5.82 Å². The molecule has 1 amide bonds. The summed E-state index contributed by atoms with van der Waals surface area (Å²) in [6.07, 6.45) is 5.98. The molecule has 5 nitrogen and oxygen atoms in total. The zero-order chi connectivity index (χ0) is 19.2. The quantitative estimate of drug-likeness (QED) is 0.757. The van der Waals surface area contributed by atoms with Gasteiger partial charge in [-0.2, -0.15) is 5.10 Å².